The molecule has 0 atom stereocenters. The summed E-state index contributed by atoms with van der Waals surface area (Å²) in [6.07, 6.45) is 9.64. The zero-order valence-electron chi connectivity index (χ0n) is 18.1. The van der Waals surface area contributed by atoms with Gasteiger partial charge >= 0.3 is 0 Å². The van der Waals surface area contributed by atoms with Crippen LogP contribution in [0.4, 0.5) is 8.78 Å². The number of nitrogens with one attached hydrogen (secondary N) is 3. The van der Waals surface area contributed by atoms with Crippen LogP contribution in [0.1, 0.15) is 34.3 Å². The summed E-state index contributed by atoms with van der Waals surface area (Å²) in [5.41, 5.74) is 4.17. The van der Waals surface area contributed by atoms with E-state index in [0.717, 1.165) is 47.0 Å². The van der Waals surface area contributed by atoms with E-state index in [2.05, 4.69) is 27.4 Å². The molecule has 1 amide bonds. The van der Waals surface area contributed by atoms with E-state index in [4.69, 9.17) is 0 Å². The number of amides is 1. The second-order valence-electron chi connectivity index (χ2n) is 8.11. The van der Waals surface area contributed by atoms with Crippen LogP contribution < -0.4 is 10.9 Å². The van der Waals surface area contributed by atoms with E-state index in [9.17, 15) is 18.4 Å². The molecule has 0 saturated carbocycles. The van der Waals surface area contributed by atoms with Crippen molar-refractivity contribution in [2.75, 3.05) is 0 Å². The number of aromatic amines is 2. The standard InChI is InChI=1S/C27H21F2N3O2/c28-19-10-8-18(22(29)14-19)15-31-26(33)17-9-11-23-21(13-17)24(16-5-2-1-3-6-16)25(32-23)20-7-4-12-30-27(20)34/h2,4-14,32H,1,3,15H2,(H,30,34)(H,31,33). The maximum Gasteiger partial charge on any atom is 0.257 e. The lowest BCUT2D eigenvalue weighted by Crippen LogP contribution is -2.23. The van der Waals surface area contributed by atoms with Crippen LogP contribution in [0.5, 0.6) is 0 Å². The van der Waals surface area contributed by atoms with Crippen molar-refractivity contribution in [3.63, 3.8) is 0 Å². The first-order chi connectivity index (χ1) is 16.5. The van der Waals surface area contributed by atoms with Gasteiger partial charge in [-0.05, 0) is 54.8 Å². The lowest BCUT2D eigenvalue weighted by atomic mass is 9.94. The Morgan fingerprint density at radius 1 is 1.06 bits per heavy atom. The molecule has 2 aromatic carbocycles. The summed E-state index contributed by atoms with van der Waals surface area (Å²) >= 11 is 0. The molecule has 0 saturated heterocycles. The molecule has 0 unspecified atom stereocenters. The maximum absolute atomic E-state index is 13.9. The molecular formula is C27H21F2N3O2. The highest BCUT2D eigenvalue weighted by Crippen LogP contribution is 2.36. The Balaban J connectivity index is 1.55. The van der Waals surface area contributed by atoms with Gasteiger partial charge in [-0.2, -0.15) is 0 Å². The van der Waals surface area contributed by atoms with Gasteiger partial charge in [-0.25, -0.2) is 8.78 Å². The van der Waals surface area contributed by atoms with Gasteiger partial charge in [0.15, 0.2) is 0 Å². The predicted molar refractivity (Wildman–Crippen MR) is 128 cm³/mol. The monoisotopic (exact) mass is 457 g/mol. The molecule has 0 fully saturated rings. The Labute approximate surface area is 193 Å². The minimum Gasteiger partial charge on any atom is -0.354 e. The summed E-state index contributed by atoms with van der Waals surface area (Å²) in [7, 11) is 0. The van der Waals surface area contributed by atoms with E-state index in [1.54, 1.807) is 36.5 Å². The average molecular weight is 457 g/mol. The molecule has 170 valence electrons. The number of aromatic nitrogens is 2. The highest BCUT2D eigenvalue weighted by molar-refractivity contribution is 6.05. The summed E-state index contributed by atoms with van der Waals surface area (Å²) in [5.74, 6) is -1.76. The molecule has 7 heteroatoms. The minimum absolute atomic E-state index is 0.0679. The Morgan fingerprint density at radius 2 is 1.94 bits per heavy atom. The highest BCUT2D eigenvalue weighted by Gasteiger charge is 2.20. The molecule has 5 rings (SSSR count). The Hall–Kier alpha value is -4.26. The van der Waals surface area contributed by atoms with E-state index in [-0.39, 0.29) is 23.6 Å². The SMILES string of the molecule is O=C(NCc1ccc(F)cc1F)c1ccc2[nH]c(-c3ccc[nH]c3=O)c(C3=CCCC=C3)c2c1. The van der Waals surface area contributed by atoms with Gasteiger partial charge in [-0.15, -0.1) is 0 Å². The first-order valence-corrected chi connectivity index (χ1v) is 10.9. The summed E-state index contributed by atoms with van der Waals surface area (Å²) in [4.78, 5) is 31.5. The lowest BCUT2D eigenvalue weighted by Gasteiger charge is -2.10. The number of halogens is 2. The molecule has 0 bridgehead atoms. The van der Waals surface area contributed by atoms with Crippen LogP contribution in [0, 0.1) is 11.6 Å². The number of pyridine rings is 1. The first kappa shape index (κ1) is 21.6. The van der Waals surface area contributed by atoms with Gasteiger partial charge in [0.05, 0.1) is 11.3 Å². The Kier molecular flexibility index (Phi) is 5.67. The molecule has 34 heavy (non-hydrogen) atoms. The second kappa shape index (κ2) is 8.94. The van der Waals surface area contributed by atoms with Crippen molar-refractivity contribution in [2.45, 2.75) is 19.4 Å². The van der Waals surface area contributed by atoms with Crippen LogP contribution in [0.15, 0.2) is 77.8 Å². The normalized spacial score (nSPS) is 13.2. The van der Waals surface area contributed by atoms with Crippen molar-refractivity contribution in [3.05, 3.63) is 112 Å². The summed E-state index contributed by atoms with van der Waals surface area (Å²) in [5, 5.41) is 3.49. The molecule has 3 N–H and O–H groups in total. The van der Waals surface area contributed by atoms with Crippen molar-refractivity contribution in [3.8, 4) is 11.3 Å². The molecule has 2 aromatic heterocycles. The van der Waals surface area contributed by atoms with Gasteiger partial charge in [0.1, 0.15) is 11.6 Å². The molecule has 0 spiro atoms. The summed E-state index contributed by atoms with van der Waals surface area (Å²) < 4.78 is 27.1. The van der Waals surface area contributed by atoms with Gasteiger partial charge < -0.3 is 15.3 Å². The summed E-state index contributed by atoms with van der Waals surface area (Å²) in [6, 6.07) is 12.0. The number of rotatable bonds is 5. The fourth-order valence-corrected chi connectivity index (χ4v) is 4.19. The molecule has 5 nitrogen and oxygen atoms in total. The lowest BCUT2D eigenvalue weighted by molar-refractivity contribution is 0.0950. The predicted octanol–water partition coefficient (Wildman–Crippen LogP) is 5.46. The van der Waals surface area contributed by atoms with Crippen LogP contribution in [-0.4, -0.2) is 15.9 Å². The fourth-order valence-electron chi connectivity index (χ4n) is 4.19. The average Bonchev–Trinajstić information content (AvgIpc) is 3.22. The molecule has 0 aliphatic heterocycles. The number of carbonyl (C=O) groups excluding carboxylic acids is 1. The van der Waals surface area contributed by atoms with E-state index >= 15 is 0 Å². The molecule has 4 aromatic rings. The first-order valence-electron chi connectivity index (χ1n) is 10.9. The van der Waals surface area contributed by atoms with Crippen molar-refractivity contribution >= 4 is 22.4 Å². The molecule has 1 aliphatic carbocycles. The third-order valence-electron chi connectivity index (χ3n) is 5.89. The number of H-pyrrole nitrogens is 2. The topological polar surface area (TPSA) is 77.8 Å². The zero-order valence-corrected chi connectivity index (χ0v) is 18.1. The van der Waals surface area contributed by atoms with Gasteiger partial charge in [0.2, 0.25) is 0 Å². The van der Waals surface area contributed by atoms with Crippen LogP contribution in [0.3, 0.4) is 0 Å². The van der Waals surface area contributed by atoms with Crippen LogP contribution in [0.2, 0.25) is 0 Å². The van der Waals surface area contributed by atoms with Gasteiger partial charge in [-0.3, -0.25) is 9.59 Å². The van der Waals surface area contributed by atoms with E-state index in [1.165, 1.54) is 6.07 Å². The Bertz CT molecular complexity index is 1530. The number of benzene rings is 2. The van der Waals surface area contributed by atoms with Crippen molar-refractivity contribution < 1.29 is 13.6 Å². The zero-order chi connectivity index (χ0) is 23.7. The smallest absolute Gasteiger partial charge is 0.257 e. The number of allylic oxidation sites excluding steroid dienone is 4. The van der Waals surface area contributed by atoms with E-state index in [0.29, 0.717) is 16.8 Å². The second-order valence-corrected chi connectivity index (χ2v) is 8.11. The van der Waals surface area contributed by atoms with Crippen LogP contribution in [0.25, 0.3) is 27.7 Å². The van der Waals surface area contributed by atoms with Gasteiger partial charge in [0.25, 0.3) is 11.5 Å². The largest absolute Gasteiger partial charge is 0.354 e. The van der Waals surface area contributed by atoms with Crippen molar-refractivity contribution in [1.82, 2.24) is 15.3 Å². The Morgan fingerprint density at radius 3 is 2.71 bits per heavy atom. The molecule has 1 aliphatic rings. The van der Waals surface area contributed by atoms with Crippen LogP contribution in [-0.2, 0) is 6.54 Å². The number of hydrogen-bond acceptors (Lipinski definition) is 2. The highest BCUT2D eigenvalue weighted by atomic mass is 19.1. The molecular weight excluding hydrogens is 436 g/mol. The third kappa shape index (κ3) is 4.08. The number of carbonyl (C=O) groups is 1. The fraction of sp³-hybridized carbons (Fsp3) is 0.111. The number of fused-ring (bicyclic) bond motifs is 1. The minimum atomic E-state index is -0.711. The van der Waals surface area contributed by atoms with E-state index < -0.39 is 11.6 Å². The molecule has 0 radical (unpaired) electrons. The van der Waals surface area contributed by atoms with E-state index in [1.807, 2.05) is 6.08 Å². The third-order valence-corrected chi connectivity index (χ3v) is 5.89. The van der Waals surface area contributed by atoms with Crippen molar-refractivity contribution in [2.24, 2.45) is 0 Å². The van der Waals surface area contributed by atoms with Crippen LogP contribution >= 0.6 is 0 Å². The molecule has 2 heterocycles. The van der Waals surface area contributed by atoms with Gasteiger partial charge in [0, 0.05) is 46.4 Å². The van der Waals surface area contributed by atoms with Gasteiger partial charge in [-0.1, -0.05) is 24.3 Å². The number of hydrogen-bond donors (Lipinski definition) is 3. The summed E-state index contributed by atoms with van der Waals surface area (Å²) in [6.45, 7) is -0.0679. The maximum atomic E-state index is 13.9. The van der Waals surface area contributed by atoms with Crippen molar-refractivity contribution in [1.29, 1.82) is 0 Å². The quantitative estimate of drug-likeness (QED) is 0.372.